The highest BCUT2D eigenvalue weighted by Crippen LogP contribution is 2.35. The molecule has 198 valence electrons. The van der Waals surface area contributed by atoms with E-state index >= 15 is 0 Å². The first kappa shape index (κ1) is 25.5. The van der Waals surface area contributed by atoms with E-state index in [1.54, 1.807) is 25.1 Å². The number of rotatable bonds is 9. The first-order chi connectivity index (χ1) is 18.5. The largest absolute Gasteiger partial charge is 0.496 e. The van der Waals surface area contributed by atoms with Gasteiger partial charge in [0.25, 0.3) is 5.91 Å². The molecular formula is C29H33N5O4. The van der Waals surface area contributed by atoms with Gasteiger partial charge in [0.05, 0.1) is 26.0 Å². The lowest BCUT2D eigenvalue weighted by Crippen LogP contribution is -2.37. The van der Waals surface area contributed by atoms with E-state index in [-0.39, 0.29) is 12.0 Å². The van der Waals surface area contributed by atoms with Crippen LogP contribution in [0.3, 0.4) is 0 Å². The number of pyridine rings is 1. The number of amides is 1. The smallest absolute Gasteiger partial charge is 0.254 e. The van der Waals surface area contributed by atoms with Gasteiger partial charge in [-0.3, -0.25) is 4.79 Å². The number of nitrogens with zero attached hydrogens (tertiary/aromatic N) is 5. The number of benzene rings is 2. The molecule has 4 aromatic rings. The van der Waals surface area contributed by atoms with Gasteiger partial charge in [0.15, 0.2) is 0 Å². The van der Waals surface area contributed by atoms with Crippen LogP contribution in [0.25, 0.3) is 16.6 Å². The highest BCUT2D eigenvalue weighted by atomic mass is 16.5. The Labute approximate surface area is 222 Å². The molecule has 2 aromatic carbocycles. The molecule has 1 aliphatic heterocycles. The maximum atomic E-state index is 13.9. The van der Waals surface area contributed by atoms with Crippen molar-refractivity contribution in [3.8, 4) is 17.2 Å². The van der Waals surface area contributed by atoms with Gasteiger partial charge >= 0.3 is 0 Å². The summed E-state index contributed by atoms with van der Waals surface area (Å²) >= 11 is 0. The van der Waals surface area contributed by atoms with Gasteiger partial charge in [-0.1, -0.05) is 0 Å². The van der Waals surface area contributed by atoms with Crippen LogP contribution in [0.4, 0.5) is 5.82 Å². The number of fused-ring (bicyclic) bond motifs is 1. The number of aromatic nitrogens is 3. The predicted octanol–water partition coefficient (Wildman–Crippen LogP) is 4.33. The fourth-order valence-electron chi connectivity index (χ4n) is 4.91. The third-order valence-electron chi connectivity index (χ3n) is 6.81. The summed E-state index contributed by atoms with van der Waals surface area (Å²) in [5, 5.41) is 5.11. The number of hydrogen-bond acceptors (Lipinski definition) is 7. The van der Waals surface area contributed by atoms with Crippen LogP contribution in [0.5, 0.6) is 11.5 Å². The summed E-state index contributed by atoms with van der Waals surface area (Å²) in [5.74, 6) is 2.07. The van der Waals surface area contributed by atoms with E-state index in [9.17, 15) is 4.79 Å². The van der Waals surface area contributed by atoms with Crippen molar-refractivity contribution in [3.63, 3.8) is 0 Å². The molecule has 1 saturated heterocycles. The normalized spacial score (nSPS) is 15.0. The van der Waals surface area contributed by atoms with Crippen LogP contribution >= 0.6 is 0 Å². The van der Waals surface area contributed by atoms with Gasteiger partial charge in [0.2, 0.25) is 0 Å². The summed E-state index contributed by atoms with van der Waals surface area (Å²) in [6.45, 7) is 1.60. The van der Waals surface area contributed by atoms with Crippen LogP contribution in [0.2, 0.25) is 0 Å². The maximum Gasteiger partial charge on any atom is 0.254 e. The average molecular weight is 516 g/mol. The van der Waals surface area contributed by atoms with Crippen LogP contribution < -0.4 is 14.4 Å². The Balaban J connectivity index is 1.52. The zero-order valence-electron chi connectivity index (χ0n) is 22.3. The Morgan fingerprint density at radius 2 is 1.87 bits per heavy atom. The molecule has 2 aromatic heterocycles. The molecule has 9 heteroatoms. The van der Waals surface area contributed by atoms with Crippen molar-refractivity contribution in [2.45, 2.75) is 25.5 Å². The Bertz CT molecular complexity index is 1400. The van der Waals surface area contributed by atoms with E-state index in [4.69, 9.17) is 19.2 Å². The second-order valence-corrected chi connectivity index (χ2v) is 9.55. The molecule has 0 aliphatic carbocycles. The highest BCUT2D eigenvalue weighted by molar-refractivity contribution is 5.95. The van der Waals surface area contributed by atoms with Crippen LogP contribution in [-0.4, -0.2) is 73.1 Å². The first-order valence-electron chi connectivity index (χ1n) is 12.7. The summed E-state index contributed by atoms with van der Waals surface area (Å²) in [7, 11) is 7.17. The number of hydrogen-bond donors (Lipinski definition) is 0. The molecule has 5 rings (SSSR count). The van der Waals surface area contributed by atoms with Crippen molar-refractivity contribution < 1.29 is 19.0 Å². The molecule has 1 amide bonds. The first-order valence-corrected chi connectivity index (χ1v) is 12.7. The number of ether oxygens (including phenoxy) is 3. The lowest BCUT2D eigenvalue weighted by molar-refractivity contribution is 0.0507. The summed E-state index contributed by atoms with van der Waals surface area (Å²) in [6, 6.07) is 15.2. The van der Waals surface area contributed by atoms with Gasteiger partial charge in [0.1, 0.15) is 22.8 Å². The van der Waals surface area contributed by atoms with Crippen LogP contribution in [0, 0.1) is 0 Å². The zero-order valence-corrected chi connectivity index (χ0v) is 22.3. The molecule has 3 heterocycles. The van der Waals surface area contributed by atoms with Crippen molar-refractivity contribution in [1.82, 2.24) is 19.7 Å². The molecule has 1 aliphatic rings. The summed E-state index contributed by atoms with van der Waals surface area (Å²) in [4.78, 5) is 22.6. The van der Waals surface area contributed by atoms with Crippen molar-refractivity contribution in [2.75, 3.05) is 46.4 Å². The van der Waals surface area contributed by atoms with E-state index < -0.39 is 0 Å². The Kier molecular flexibility index (Phi) is 7.46. The monoisotopic (exact) mass is 515 g/mol. The molecule has 9 nitrogen and oxygen atoms in total. The highest BCUT2D eigenvalue weighted by Gasteiger charge is 2.26. The minimum absolute atomic E-state index is 0.00755. The van der Waals surface area contributed by atoms with Crippen molar-refractivity contribution in [3.05, 3.63) is 72.1 Å². The maximum absolute atomic E-state index is 13.9. The lowest BCUT2D eigenvalue weighted by atomic mass is 10.1. The molecule has 38 heavy (non-hydrogen) atoms. The van der Waals surface area contributed by atoms with Gasteiger partial charge in [0, 0.05) is 62.7 Å². The number of methoxy groups -OCH3 is 2. The van der Waals surface area contributed by atoms with Gasteiger partial charge in [-0.25, -0.2) is 9.67 Å². The molecule has 0 bridgehead atoms. The third-order valence-corrected chi connectivity index (χ3v) is 6.81. The Hall–Kier alpha value is -4.11. The second kappa shape index (κ2) is 11.1. The van der Waals surface area contributed by atoms with E-state index in [1.807, 2.05) is 72.6 Å². The van der Waals surface area contributed by atoms with Crippen LogP contribution in [-0.2, 0) is 11.3 Å². The predicted molar refractivity (Wildman–Crippen MR) is 146 cm³/mol. The minimum Gasteiger partial charge on any atom is -0.496 e. The molecular weight excluding hydrogens is 482 g/mol. The number of carbonyl (C=O) groups excluding carboxylic acids is 1. The topological polar surface area (TPSA) is 82.0 Å². The number of anilines is 1. The Morgan fingerprint density at radius 3 is 2.50 bits per heavy atom. The van der Waals surface area contributed by atoms with Gasteiger partial charge < -0.3 is 24.0 Å². The van der Waals surface area contributed by atoms with Crippen molar-refractivity contribution >= 4 is 22.6 Å². The van der Waals surface area contributed by atoms with Crippen LogP contribution in [0.1, 0.15) is 28.8 Å². The molecule has 0 saturated carbocycles. The standard InChI is InChI=1S/C29H33N5O4/c1-32(2)28-21(17-24-25(36-3)12-13-26(37-4)27(24)31-28)18-33(19-23-7-5-16-38-23)29(35)20-8-10-22(11-9-20)34-15-6-14-30-34/h6,8-15,17,23H,5,7,16,18-19H2,1-4H3. The molecule has 0 spiro atoms. The lowest BCUT2D eigenvalue weighted by Gasteiger charge is -2.28. The minimum atomic E-state index is -0.0603. The number of carbonyl (C=O) groups is 1. The molecule has 1 fully saturated rings. The SMILES string of the molecule is COc1ccc(OC)c2nc(N(C)C)c(CN(CC3CCCO3)C(=O)c3ccc(-n4cccn4)cc3)cc12. The molecule has 1 unspecified atom stereocenters. The van der Waals surface area contributed by atoms with Crippen molar-refractivity contribution in [2.24, 2.45) is 0 Å². The van der Waals surface area contributed by atoms with Crippen molar-refractivity contribution in [1.29, 1.82) is 0 Å². The van der Waals surface area contributed by atoms with Gasteiger partial charge in [-0.15, -0.1) is 0 Å². The van der Waals surface area contributed by atoms with Gasteiger partial charge in [-0.2, -0.15) is 5.10 Å². The van der Waals surface area contributed by atoms with Gasteiger partial charge in [-0.05, 0) is 61.4 Å². The third kappa shape index (κ3) is 5.15. The summed E-state index contributed by atoms with van der Waals surface area (Å²) < 4.78 is 18.9. The Morgan fingerprint density at radius 1 is 1.11 bits per heavy atom. The molecule has 0 N–H and O–H groups in total. The van der Waals surface area contributed by atoms with E-state index in [2.05, 4.69) is 11.2 Å². The zero-order chi connectivity index (χ0) is 26.6. The fourth-order valence-corrected chi connectivity index (χ4v) is 4.91. The fraction of sp³-hybridized carbons (Fsp3) is 0.345. The second-order valence-electron chi connectivity index (χ2n) is 9.55. The van der Waals surface area contributed by atoms with E-state index in [0.29, 0.717) is 35.7 Å². The average Bonchev–Trinajstić information content (AvgIpc) is 3.66. The quantitative estimate of drug-likeness (QED) is 0.328. The summed E-state index contributed by atoms with van der Waals surface area (Å²) in [6.07, 6.45) is 5.55. The van der Waals surface area contributed by atoms with Crippen LogP contribution in [0.15, 0.2) is 60.9 Å². The molecule has 0 radical (unpaired) electrons. The molecule has 1 atom stereocenters. The van der Waals surface area contributed by atoms with E-state index in [1.165, 1.54) is 0 Å². The van der Waals surface area contributed by atoms with E-state index in [0.717, 1.165) is 41.9 Å². The summed E-state index contributed by atoms with van der Waals surface area (Å²) in [5.41, 5.74) is 3.13.